The fourth-order valence-electron chi connectivity index (χ4n) is 1.59. The Morgan fingerprint density at radius 2 is 2.00 bits per heavy atom. The van der Waals surface area contributed by atoms with Crippen LogP contribution in [0.2, 0.25) is 5.02 Å². The van der Waals surface area contributed by atoms with Crippen LogP contribution in [0.15, 0.2) is 18.2 Å². The zero-order valence-corrected chi connectivity index (χ0v) is 11.0. The minimum atomic E-state index is -3.69. The Bertz CT molecular complexity index is 529. The molecule has 0 amide bonds. The van der Waals surface area contributed by atoms with Gasteiger partial charge in [0.25, 0.3) is 0 Å². The summed E-state index contributed by atoms with van der Waals surface area (Å²) in [6.45, 7) is 1.30. The molecule has 2 rings (SSSR count). The number of aromatic hydroxyl groups is 1. The molecule has 1 aliphatic rings. The minimum absolute atomic E-state index is 0.0639. The fourth-order valence-corrected chi connectivity index (χ4v) is 2.96. The molecular weight excluding hydrogens is 280 g/mol. The third-order valence-corrected chi connectivity index (χ3v) is 4.36. The Hall–Kier alpha value is -1.02. The molecule has 8 heteroatoms. The van der Waals surface area contributed by atoms with Gasteiger partial charge in [0.15, 0.2) is 5.75 Å². The van der Waals surface area contributed by atoms with Crippen LogP contribution in [0.25, 0.3) is 0 Å². The quantitative estimate of drug-likeness (QED) is 0.816. The van der Waals surface area contributed by atoms with Gasteiger partial charge in [0, 0.05) is 13.1 Å². The molecule has 0 radical (unpaired) electrons. The smallest absolute Gasteiger partial charge is 0.301 e. The number of hydrogen-bond acceptors (Lipinski definition) is 4. The predicted octanol–water partition coefficient (Wildman–Crippen LogP) is 1.03. The lowest BCUT2D eigenvalue weighted by atomic mass is 10.3. The number of phenolic OH excluding ortho intramolecular Hbond substituents is 1. The van der Waals surface area contributed by atoms with Crippen molar-refractivity contribution in [2.75, 3.05) is 31.0 Å². The van der Waals surface area contributed by atoms with Crippen molar-refractivity contribution in [2.45, 2.75) is 0 Å². The maximum absolute atomic E-state index is 12.0. The van der Waals surface area contributed by atoms with Crippen LogP contribution in [0.1, 0.15) is 0 Å². The number of rotatable bonds is 3. The van der Waals surface area contributed by atoms with Crippen LogP contribution < -0.4 is 4.72 Å². The summed E-state index contributed by atoms with van der Waals surface area (Å²) in [5.41, 5.74) is 0.0639. The first kappa shape index (κ1) is 13.4. The summed E-state index contributed by atoms with van der Waals surface area (Å²) in [4.78, 5) is 0. The van der Waals surface area contributed by atoms with Gasteiger partial charge in [0.1, 0.15) is 0 Å². The molecule has 0 atom stereocenters. The highest BCUT2D eigenvalue weighted by Gasteiger charge is 2.25. The number of halogens is 1. The van der Waals surface area contributed by atoms with Crippen LogP contribution in [0.5, 0.6) is 5.75 Å². The van der Waals surface area contributed by atoms with Crippen LogP contribution in [0, 0.1) is 0 Å². The van der Waals surface area contributed by atoms with E-state index < -0.39 is 10.2 Å². The molecule has 18 heavy (non-hydrogen) atoms. The highest BCUT2D eigenvalue weighted by molar-refractivity contribution is 7.90. The van der Waals surface area contributed by atoms with Gasteiger partial charge in [-0.2, -0.15) is 12.7 Å². The summed E-state index contributed by atoms with van der Waals surface area (Å²) < 4.78 is 32.7. The fraction of sp³-hybridized carbons (Fsp3) is 0.400. The number of benzene rings is 1. The van der Waals surface area contributed by atoms with Crippen molar-refractivity contribution in [3.63, 3.8) is 0 Å². The van der Waals surface area contributed by atoms with E-state index in [1.807, 2.05) is 0 Å². The molecule has 0 aliphatic carbocycles. The summed E-state index contributed by atoms with van der Waals surface area (Å²) in [7, 11) is -3.69. The number of phenols is 1. The lowest BCUT2D eigenvalue weighted by molar-refractivity contribution is 0.0733. The largest absolute Gasteiger partial charge is 0.504 e. The highest BCUT2D eigenvalue weighted by Crippen LogP contribution is 2.32. The first-order valence-electron chi connectivity index (χ1n) is 5.34. The van der Waals surface area contributed by atoms with Crippen LogP contribution in [-0.4, -0.2) is 44.1 Å². The zero-order valence-electron chi connectivity index (χ0n) is 9.47. The summed E-state index contributed by atoms with van der Waals surface area (Å²) >= 11 is 5.71. The van der Waals surface area contributed by atoms with E-state index in [-0.39, 0.29) is 29.5 Å². The number of nitrogens with one attached hydrogen (secondary N) is 1. The van der Waals surface area contributed by atoms with E-state index in [0.29, 0.717) is 13.2 Å². The summed E-state index contributed by atoms with van der Waals surface area (Å²) in [6.07, 6.45) is 0. The Kier molecular flexibility index (Phi) is 3.96. The van der Waals surface area contributed by atoms with Crippen LogP contribution >= 0.6 is 11.6 Å². The van der Waals surface area contributed by atoms with E-state index in [1.165, 1.54) is 16.4 Å². The predicted molar refractivity (Wildman–Crippen MR) is 68.1 cm³/mol. The Morgan fingerprint density at radius 3 is 2.67 bits per heavy atom. The third kappa shape index (κ3) is 2.86. The van der Waals surface area contributed by atoms with Crippen molar-refractivity contribution < 1.29 is 18.3 Å². The van der Waals surface area contributed by atoms with E-state index in [1.54, 1.807) is 6.07 Å². The molecule has 1 heterocycles. The number of para-hydroxylation sites is 1. The molecule has 6 nitrogen and oxygen atoms in total. The Balaban J connectivity index is 2.19. The van der Waals surface area contributed by atoms with Crippen LogP contribution in [-0.2, 0) is 14.9 Å². The summed E-state index contributed by atoms with van der Waals surface area (Å²) in [5, 5.41) is 9.75. The van der Waals surface area contributed by atoms with Gasteiger partial charge in [-0.05, 0) is 12.1 Å². The number of nitrogens with zero attached hydrogens (tertiary/aromatic N) is 1. The van der Waals surface area contributed by atoms with Crippen LogP contribution in [0.4, 0.5) is 5.69 Å². The second-order valence-corrected chi connectivity index (χ2v) is 5.83. The molecule has 0 aromatic heterocycles. The van der Waals surface area contributed by atoms with Crippen molar-refractivity contribution in [1.29, 1.82) is 0 Å². The van der Waals surface area contributed by atoms with E-state index in [4.69, 9.17) is 16.3 Å². The number of morpholine rings is 1. The van der Waals surface area contributed by atoms with Gasteiger partial charge in [0.05, 0.1) is 23.9 Å². The van der Waals surface area contributed by atoms with E-state index >= 15 is 0 Å². The monoisotopic (exact) mass is 292 g/mol. The van der Waals surface area contributed by atoms with Crippen molar-refractivity contribution >= 4 is 27.5 Å². The molecule has 1 aromatic rings. The SMILES string of the molecule is O=S(=O)(Nc1cccc(Cl)c1O)N1CCOCC1. The van der Waals surface area contributed by atoms with Gasteiger partial charge >= 0.3 is 10.2 Å². The molecule has 1 aromatic carbocycles. The molecule has 0 spiro atoms. The lowest BCUT2D eigenvalue weighted by Crippen LogP contribution is -2.43. The normalized spacial score (nSPS) is 17.6. The van der Waals surface area contributed by atoms with Crippen molar-refractivity contribution in [2.24, 2.45) is 0 Å². The zero-order chi connectivity index (χ0) is 13.2. The molecule has 0 bridgehead atoms. The molecule has 0 saturated carbocycles. The second-order valence-electron chi connectivity index (χ2n) is 3.75. The molecule has 100 valence electrons. The molecule has 1 fully saturated rings. The topological polar surface area (TPSA) is 78.9 Å². The first-order chi connectivity index (χ1) is 8.50. The van der Waals surface area contributed by atoms with E-state index in [2.05, 4.69) is 4.72 Å². The third-order valence-electron chi connectivity index (χ3n) is 2.54. The van der Waals surface area contributed by atoms with Gasteiger partial charge < -0.3 is 9.84 Å². The molecular formula is C10H13ClN2O4S. The summed E-state index contributed by atoms with van der Waals surface area (Å²) in [6, 6.07) is 4.47. The van der Waals surface area contributed by atoms with Crippen molar-refractivity contribution in [3.05, 3.63) is 23.2 Å². The number of hydrogen-bond donors (Lipinski definition) is 2. The number of anilines is 1. The maximum Gasteiger partial charge on any atom is 0.301 e. The molecule has 2 N–H and O–H groups in total. The van der Waals surface area contributed by atoms with E-state index in [9.17, 15) is 13.5 Å². The number of ether oxygens (including phenoxy) is 1. The first-order valence-corrected chi connectivity index (χ1v) is 7.15. The average molecular weight is 293 g/mol. The van der Waals surface area contributed by atoms with E-state index in [0.717, 1.165) is 0 Å². The summed E-state index contributed by atoms with van der Waals surface area (Å²) in [5.74, 6) is -0.281. The van der Waals surface area contributed by atoms with Gasteiger partial charge in [-0.25, -0.2) is 0 Å². The lowest BCUT2D eigenvalue weighted by Gasteiger charge is -2.26. The van der Waals surface area contributed by atoms with Gasteiger partial charge in [-0.3, -0.25) is 4.72 Å². The average Bonchev–Trinajstić information content (AvgIpc) is 2.36. The van der Waals surface area contributed by atoms with Gasteiger partial charge in [-0.1, -0.05) is 17.7 Å². The molecule has 1 saturated heterocycles. The standard InChI is InChI=1S/C10H13ClN2O4S/c11-8-2-1-3-9(10(8)14)12-18(15,16)13-4-6-17-7-5-13/h1-3,12,14H,4-7H2. The second kappa shape index (κ2) is 5.31. The van der Waals surface area contributed by atoms with Gasteiger partial charge in [0.2, 0.25) is 0 Å². The molecule has 0 unspecified atom stereocenters. The minimum Gasteiger partial charge on any atom is -0.504 e. The Morgan fingerprint density at radius 1 is 1.33 bits per heavy atom. The maximum atomic E-state index is 12.0. The van der Waals surface area contributed by atoms with Gasteiger partial charge in [-0.15, -0.1) is 0 Å². The highest BCUT2D eigenvalue weighted by atomic mass is 35.5. The van der Waals surface area contributed by atoms with Crippen molar-refractivity contribution in [1.82, 2.24) is 4.31 Å². The van der Waals surface area contributed by atoms with Crippen molar-refractivity contribution in [3.8, 4) is 5.75 Å². The molecule has 1 aliphatic heterocycles. The van der Waals surface area contributed by atoms with Crippen LogP contribution in [0.3, 0.4) is 0 Å². The Labute approximate surface area is 110 Å².